The number of nitrogens with zero attached hydrogens (tertiary/aromatic N) is 2. The number of aryl methyl sites for hydroxylation is 1. The van der Waals surface area contributed by atoms with Crippen molar-refractivity contribution in [3.05, 3.63) is 158 Å². The normalized spacial score (nSPS) is 11.4. The third kappa shape index (κ3) is 4.45. The fourth-order valence-electron chi connectivity index (χ4n) is 6.42. The Hall–Kier alpha value is -5.60. The second-order valence-corrected chi connectivity index (χ2v) is 11.2. The Morgan fingerprint density at radius 2 is 1.00 bits per heavy atom. The summed E-state index contributed by atoms with van der Waals surface area (Å²) in [6.45, 7) is 2.16. The quantitative estimate of drug-likeness (QED) is 0.204. The van der Waals surface area contributed by atoms with E-state index in [0.29, 0.717) is 0 Å². The molecule has 6 aromatic carbocycles. The van der Waals surface area contributed by atoms with Gasteiger partial charge in [0.05, 0.1) is 5.69 Å². The predicted molar refractivity (Wildman–Crippen MR) is 181 cm³/mol. The van der Waals surface area contributed by atoms with E-state index in [9.17, 15) is 0 Å². The monoisotopic (exact) mass is 548 g/mol. The zero-order valence-corrected chi connectivity index (χ0v) is 23.8. The fraction of sp³-hybridized carbons (Fsp3) is 0.0244. The highest BCUT2D eigenvalue weighted by atomic mass is 14.7. The van der Waals surface area contributed by atoms with Gasteiger partial charge in [-0.1, -0.05) is 103 Å². The highest BCUT2D eigenvalue weighted by Gasteiger charge is 2.17. The number of fused-ring (bicyclic) bond motifs is 3. The lowest BCUT2D eigenvalue weighted by atomic mass is 9.85. The minimum Gasteiger partial charge on any atom is -0.265 e. The van der Waals surface area contributed by atoms with E-state index in [-0.39, 0.29) is 0 Å². The molecule has 0 unspecified atom stereocenters. The van der Waals surface area contributed by atoms with E-state index in [2.05, 4.69) is 133 Å². The minimum absolute atomic E-state index is 0.952. The third-order valence-electron chi connectivity index (χ3n) is 8.44. The highest BCUT2D eigenvalue weighted by molar-refractivity contribution is 6.21. The summed E-state index contributed by atoms with van der Waals surface area (Å²) < 4.78 is 0. The molecule has 0 spiro atoms. The van der Waals surface area contributed by atoms with Crippen LogP contribution in [0.1, 0.15) is 5.56 Å². The molecule has 0 N–H and O–H groups in total. The molecule has 2 aromatic heterocycles. The molecule has 0 saturated carbocycles. The number of hydrogen-bond donors (Lipinski definition) is 0. The summed E-state index contributed by atoms with van der Waals surface area (Å²) in [5, 5.41) is 7.53. The van der Waals surface area contributed by atoms with Gasteiger partial charge in [-0.3, -0.25) is 9.97 Å². The third-order valence-corrected chi connectivity index (χ3v) is 8.44. The molecule has 0 aliphatic carbocycles. The van der Waals surface area contributed by atoms with Crippen LogP contribution in [0, 0.1) is 6.92 Å². The van der Waals surface area contributed by atoms with Crippen molar-refractivity contribution in [2.24, 2.45) is 0 Å². The Morgan fingerprint density at radius 3 is 1.70 bits per heavy atom. The Bertz CT molecular complexity index is 2240. The second-order valence-electron chi connectivity index (χ2n) is 11.2. The van der Waals surface area contributed by atoms with E-state index in [1.54, 1.807) is 0 Å². The highest BCUT2D eigenvalue weighted by Crippen LogP contribution is 2.44. The standard InChI is InChI=1S/C41H28N2/c1-27-13-14-28-15-16-33(25-34(28)23-27)41-37-11-4-2-9-35(37)40(36-10-3-5-12-38(36)41)32-8-6-7-31(24-32)39-26-30(19-22-43-39)29-17-20-42-21-18-29/h2-26H,1H3. The van der Waals surface area contributed by atoms with Gasteiger partial charge in [0.25, 0.3) is 0 Å². The average Bonchev–Trinajstić information content (AvgIpc) is 3.07. The molecule has 43 heavy (non-hydrogen) atoms. The van der Waals surface area contributed by atoms with E-state index >= 15 is 0 Å². The number of hydrogen-bond acceptors (Lipinski definition) is 2. The molecule has 0 aliphatic rings. The van der Waals surface area contributed by atoms with Gasteiger partial charge < -0.3 is 0 Å². The topological polar surface area (TPSA) is 25.8 Å². The average molecular weight is 549 g/mol. The SMILES string of the molecule is Cc1ccc2ccc(-c3c4ccccc4c(-c4cccc(-c5cc(-c6ccncc6)ccn5)c4)c4ccccc34)cc2c1. The van der Waals surface area contributed by atoms with Crippen LogP contribution < -0.4 is 0 Å². The molecule has 0 radical (unpaired) electrons. The number of benzene rings is 6. The molecule has 0 amide bonds. The van der Waals surface area contributed by atoms with Crippen molar-refractivity contribution in [1.29, 1.82) is 0 Å². The van der Waals surface area contributed by atoms with Crippen LogP contribution in [0.15, 0.2) is 152 Å². The molecular weight excluding hydrogens is 520 g/mol. The lowest BCUT2D eigenvalue weighted by molar-refractivity contribution is 1.31. The Balaban J connectivity index is 1.35. The zero-order chi connectivity index (χ0) is 28.8. The van der Waals surface area contributed by atoms with E-state index in [4.69, 9.17) is 4.98 Å². The summed E-state index contributed by atoms with van der Waals surface area (Å²) in [7, 11) is 0. The van der Waals surface area contributed by atoms with Crippen molar-refractivity contribution in [2.45, 2.75) is 6.92 Å². The summed E-state index contributed by atoms with van der Waals surface area (Å²) in [4.78, 5) is 8.94. The van der Waals surface area contributed by atoms with Crippen LogP contribution >= 0.6 is 0 Å². The van der Waals surface area contributed by atoms with Crippen molar-refractivity contribution in [1.82, 2.24) is 9.97 Å². The number of rotatable bonds is 4. The largest absolute Gasteiger partial charge is 0.265 e. The summed E-state index contributed by atoms with van der Waals surface area (Å²) in [5.41, 5.74) is 10.5. The Morgan fingerprint density at radius 1 is 0.395 bits per heavy atom. The lowest BCUT2D eigenvalue weighted by Gasteiger charge is -2.18. The summed E-state index contributed by atoms with van der Waals surface area (Å²) in [6, 6.07) is 48.3. The Labute approximate surface area is 251 Å². The van der Waals surface area contributed by atoms with Crippen LogP contribution in [-0.2, 0) is 0 Å². The van der Waals surface area contributed by atoms with Crippen LogP contribution in [0.25, 0.3) is 77.0 Å². The second kappa shape index (κ2) is 10.3. The predicted octanol–water partition coefficient (Wildman–Crippen LogP) is 10.9. The molecule has 202 valence electrons. The van der Waals surface area contributed by atoms with E-state index in [0.717, 1.165) is 22.4 Å². The van der Waals surface area contributed by atoms with Gasteiger partial charge in [-0.2, -0.15) is 0 Å². The van der Waals surface area contributed by atoms with Gasteiger partial charge >= 0.3 is 0 Å². The van der Waals surface area contributed by atoms with Crippen LogP contribution in [0.4, 0.5) is 0 Å². The first-order valence-electron chi connectivity index (χ1n) is 14.6. The maximum absolute atomic E-state index is 4.76. The zero-order valence-electron chi connectivity index (χ0n) is 23.8. The van der Waals surface area contributed by atoms with Crippen molar-refractivity contribution in [3.63, 3.8) is 0 Å². The van der Waals surface area contributed by atoms with Crippen LogP contribution in [-0.4, -0.2) is 9.97 Å². The van der Waals surface area contributed by atoms with Crippen molar-refractivity contribution in [2.75, 3.05) is 0 Å². The molecule has 0 saturated heterocycles. The maximum Gasteiger partial charge on any atom is 0.0708 e. The van der Waals surface area contributed by atoms with Gasteiger partial charge in [-0.05, 0) is 109 Å². The first kappa shape index (κ1) is 25.1. The molecule has 0 aliphatic heterocycles. The Kier molecular flexibility index (Phi) is 6.05. The minimum atomic E-state index is 0.952. The smallest absolute Gasteiger partial charge is 0.0708 e. The molecule has 0 bridgehead atoms. The molecule has 2 heterocycles. The van der Waals surface area contributed by atoms with Gasteiger partial charge in [0.1, 0.15) is 0 Å². The van der Waals surface area contributed by atoms with E-state index < -0.39 is 0 Å². The molecule has 2 heteroatoms. The van der Waals surface area contributed by atoms with Crippen LogP contribution in [0.5, 0.6) is 0 Å². The molecular formula is C41H28N2. The summed E-state index contributed by atoms with van der Waals surface area (Å²) in [5.74, 6) is 0. The lowest BCUT2D eigenvalue weighted by Crippen LogP contribution is -1.92. The number of pyridine rings is 2. The molecule has 2 nitrogen and oxygen atoms in total. The van der Waals surface area contributed by atoms with Gasteiger partial charge in [0.2, 0.25) is 0 Å². The van der Waals surface area contributed by atoms with Gasteiger partial charge in [0.15, 0.2) is 0 Å². The van der Waals surface area contributed by atoms with Crippen molar-refractivity contribution >= 4 is 32.3 Å². The van der Waals surface area contributed by atoms with E-state index in [1.807, 2.05) is 30.7 Å². The van der Waals surface area contributed by atoms with Crippen LogP contribution in [0.2, 0.25) is 0 Å². The maximum atomic E-state index is 4.76. The van der Waals surface area contributed by atoms with Crippen LogP contribution in [0.3, 0.4) is 0 Å². The van der Waals surface area contributed by atoms with Crippen molar-refractivity contribution < 1.29 is 0 Å². The molecule has 0 atom stereocenters. The van der Waals surface area contributed by atoms with Crippen molar-refractivity contribution in [3.8, 4) is 44.6 Å². The fourth-order valence-corrected chi connectivity index (χ4v) is 6.42. The summed E-state index contributed by atoms with van der Waals surface area (Å²) >= 11 is 0. The number of aromatic nitrogens is 2. The molecule has 0 fully saturated rings. The first-order valence-corrected chi connectivity index (χ1v) is 14.6. The van der Waals surface area contributed by atoms with E-state index in [1.165, 1.54) is 60.1 Å². The first-order chi connectivity index (χ1) is 21.2. The van der Waals surface area contributed by atoms with Gasteiger partial charge in [0, 0.05) is 24.2 Å². The van der Waals surface area contributed by atoms with Gasteiger partial charge in [-0.25, -0.2) is 0 Å². The molecule has 8 rings (SSSR count). The molecule has 8 aromatic rings. The summed E-state index contributed by atoms with van der Waals surface area (Å²) in [6.07, 6.45) is 5.55. The van der Waals surface area contributed by atoms with Gasteiger partial charge in [-0.15, -0.1) is 0 Å².